The fourth-order valence-electron chi connectivity index (χ4n) is 3.05. The van der Waals surface area contributed by atoms with E-state index in [-0.39, 0.29) is 11.8 Å². The molecule has 1 atom stereocenters. The summed E-state index contributed by atoms with van der Waals surface area (Å²) in [5.41, 5.74) is 8.57. The molecule has 0 bridgehead atoms. The Morgan fingerprint density at radius 2 is 2.22 bits per heavy atom. The van der Waals surface area contributed by atoms with Crippen LogP contribution in [0.1, 0.15) is 55.8 Å². The first-order valence-corrected chi connectivity index (χ1v) is 8.54. The first-order chi connectivity index (χ1) is 11.2. The van der Waals surface area contributed by atoms with E-state index in [4.69, 9.17) is 10.5 Å². The lowest BCUT2D eigenvalue weighted by molar-refractivity contribution is 0.0941. The summed E-state index contributed by atoms with van der Waals surface area (Å²) >= 11 is 0. The highest BCUT2D eigenvalue weighted by atomic mass is 16.5. The molecule has 0 saturated heterocycles. The smallest absolute Gasteiger partial charge is 0.179 e. The van der Waals surface area contributed by atoms with E-state index in [9.17, 15) is 4.79 Å². The van der Waals surface area contributed by atoms with Gasteiger partial charge in [-0.1, -0.05) is 18.6 Å². The number of nitrogens with two attached hydrogens (primary N) is 1. The van der Waals surface area contributed by atoms with Crippen molar-refractivity contribution in [3.05, 3.63) is 35.4 Å². The third kappa shape index (κ3) is 4.83. The van der Waals surface area contributed by atoms with Crippen LogP contribution < -0.4 is 15.8 Å². The predicted molar refractivity (Wildman–Crippen MR) is 95.0 cm³/mol. The standard InChI is InChI=1S/C19H28N2O2/c1-3-17(21-12-11-14-7-5-4-6-8-14)19(22)15-9-10-18(23-2)16(20)13-15/h7,9-10,13,17,21H,3-6,8,11-12,20H2,1-2H3. The Bertz CT molecular complexity index is 566. The molecule has 1 aromatic carbocycles. The van der Waals surface area contributed by atoms with E-state index in [1.54, 1.807) is 25.3 Å². The second-order valence-electron chi connectivity index (χ2n) is 6.09. The number of hydrogen-bond acceptors (Lipinski definition) is 4. The maximum absolute atomic E-state index is 12.6. The molecule has 0 aliphatic heterocycles. The van der Waals surface area contributed by atoms with Gasteiger partial charge in [0.15, 0.2) is 5.78 Å². The highest BCUT2D eigenvalue weighted by Crippen LogP contribution is 2.23. The lowest BCUT2D eigenvalue weighted by Crippen LogP contribution is -2.37. The van der Waals surface area contributed by atoms with Gasteiger partial charge >= 0.3 is 0 Å². The van der Waals surface area contributed by atoms with Crippen molar-refractivity contribution >= 4 is 11.5 Å². The van der Waals surface area contributed by atoms with Crippen LogP contribution in [0.2, 0.25) is 0 Å². The number of anilines is 1. The van der Waals surface area contributed by atoms with E-state index in [1.807, 2.05) is 6.92 Å². The van der Waals surface area contributed by atoms with Crippen molar-refractivity contribution in [3.63, 3.8) is 0 Å². The Hall–Kier alpha value is -1.81. The highest BCUT2D eigenvalue weighted by Gasteiger charge is 2.18. The zero-order valence-electron chi connectivity index (χ0n) is 14.2. The number of carbonyl (C=O) groups excluding carboxylic acids is 1. The molecule has 1 aliphatic carbocycles. The Labute approximate surface area is 139 Å². The van der Waals surface area contributed by atoms with Crippen molar-refractivity contribution in [1.29, 1.82) is 0 Å². The number of hydrogen-bond donors (Lipinski definition) is 2. The number of benzene rings is 1. The predicted octanol–water partition coefficient (Wildman–Crippen LogP) is 3.72. The number of methoxy groups -OCH3 is 1. The fourth-order valence-corrected chi connectivity index (χ4v) is 3.05. The summed E-state index contributed by atoms with van der Waals surface area (Å²) in [7, 11) is 1.57. The van der Waals surface area contributed by atoms with Gasteiger partial charge < -0.3 is 15.8 Å². The summed E-state index contributed by atoms with van der Waals surface area (Å²) < 4.78 is 5.14. The minimum atomic E-state index is -0.160. The molecule has 0 spiro atoms. The van der Waals surface area contributed by atoms with Crippen LogP contribution in [0.5, 0.6) is 5.75 Å². The zero-order valence-corrected chi connectivity index (χ0v) is 14.2. The quantitative estimate of drug-likeness (QED) is 0.436. The van der Waals surface area contributed by atoms with Crippen LogP contribution in [0.15, 0.2) is 29.8 Å². The van der Waals surface area contributed by atoms with Crippen molar-refractivity contribution in [1.82, 2.24) is 5.32 Å². The van der Waals surface area contributed by atoms with Gasteiger partial charge in [-0.25, -0.2) is 0 Å². The van der Waals surface area contributed by atoms with E-state index >= 15 is 0 Å². The molecule has 0 radical (unpaired) electrons. The Morgan fingerprint density at radius 3 is 2.83 bits per heavy atom. The second kappa shape index (κ2) is 8.73. The minimum absolute atomic E-state index is 0.0967. The number of nitrogen functional groups attached to an aromatic ring is 1. The average molecular weight is 316 g/mol. The maximum Gasteiger partial charge on any atom is 0.179 e. The molecular weight excluding hydrogens is 288 g/mol. The van der Waals surface area contributed by atoms with Crippen LogP contribution in [-0.4, -0.2) is 25.5 Å². The molecule has 1 unspecified atom stereocenters. The summed E-state index contributed by atoms with van der Waals surface area (Å²) in [6, 6.07) is 5.08. The maximum atomic E-state index is 12.6. The number of ketones is 1. The Morgan fingerprint density at radius 1 is 1.39 bits per heavy atom. The van der Waals surface area contributed by atoms with E-state index in [2.05, 4.69) is 11.4 Å². The molecule has 0 amide bonds. The van der Waals surface area contributed by atoms with E-state index < -0.39 is 0 Å². The van der Waals surface area contributed by atoms with E-state index in [0.717, 1.165) is 19.4 Å². The summed E-state index contributed by atoms with van der Waals surface area (Å²) in [6.07, 6.45) is 9.19. The van der Waals surface area contributed by atoms with Crippen molar-refractivity contribution in [2.75, 3.05) is 19.4 Å². The van der Waals surface area contributed by atoms with Gasteiger partial charge in [0.05, 0.1) is 18.8 Å². The van der Waals surface area contributed by atoms with Gasteiger partial charge in [0.2, 0.25) is 0 Å². The summed E-state index contributed by atoms with van der Waals surface area (Å²) in [6.45, 7) is 2.88. The van der Waals surface area contributed by atoms with Crippen molar-refractivity contribution in [2.24, 2.45) is 0 Å². The first-order valence-electron chi connectivity index (χ1n) is 8.54. The number of allylic oxidation sites excluding steroid dienone is 1. The van der Waals surface area contributed by atoms with Crippen LogP contribution in [0.4, 0.5) is 5.69 Å². The highest BCUT2D eigenvalue weighted by molar-refractivity contribution is 6.01. The van der Waals surface area contributed by atoms with Gasteiger partial charge in [0.25, 0.3) is 0 Å². The van der Waals surface area contributed by atoms with Gasteiger partial charge in [0, 0.05) is 5.56 Å². The molecule has 0 aromatic heterocycles. The first kappa shape index (κ1) is 17.5. The third-order valence-corrected chi connectivity index (χ3v) is 4.46. The molecule has 23 heavy (non-hydrogen) atoms. The van der Waals surface area contributed by atoms with Crippen molar-refractivity contribution in [3.8, 4) is 5.75 Å². The van der Waals surface area contributed by atoms with Gasteiger partial charge in [-0.15, -0.1) is 0 Å². The largest absolute Gasteiger partial charge is 0.495 e. The average Bonchev–Trinajstić information content (AvgIpc) is 2.59. The lowest BCUT2D eigenvalue weighted by atomic mass is 9.96. The molecule has 0 saturated carbocycles. The van der Waals surface area contributed by atoms with Gasteiger partial charge in [-0.2, -0.15) is 0 Å². The molecule has 0 fully saturated rings. The monoisotopic (exact) mass is 316 g/mol. The van der Waals surface area contributed by atoms with Crippen LogP contribution in [0.3, 0.4) is 0 Å². The molecule has 126 valence electrons. The van der Waals surface area contributed by atoms with Crippen LogP contribution >= 0.6 is 0 Å². The normalized spacial score (nSPS) is 15.8. The molecule has 0 heterocycles. The molecule has 4 nitrogen and oxygen atoms in total. The molecule has 1 aliphatic rings. The second-order valence-corrected chi connectivity index (χ2v) is 6.09. The number of nitrogens with one attached hydrogen (secondary N) is 1. The van der Waals surface area contributed by atoms with Gasteiger partial charge in [0.1, 0.15) is 5.75 Å². The van der Waals surface area contributed by atoms with Crippen LogP contribution in [-0.2, 0) is 0 Å². The number of carbonyl (C=O) groups is 1. The zero-order chi connectivity index (χ0) is 16.7. The van der Waals surface area contributed by atoms with E-state index in [1.165, 1.54) is 31.3 Å². The van der Waals surface area contributed by atoms with Crippen LogP contribution in [0.25, 0.3) is 0 Å². The fraction of sp³-hybridized carbons (Fsp3) is 0.526. The molecular formula is C19H28N2O2. The Balaban J connectivity index is 1.92. The SMILES string of the molecule is CCC(NCCC1=CCCCC1)C(=O)c1ccc(OC)c(N)c1. The van der Waals surface area contributed by atoms with Crippen LogP contribution in [0, 0.1) is 0 Å². The molecule has 4 heteroatoms. The minimum Gasteiger partial charge on any atom is -0.495 e. The number of Topliss-reactive ketones (excluding diaryl/α,β-unsaturated/α-hetero) is 1. The third-order valence-electron chi connectivity index (χ3n) is 4.46. The molecule has 3 N–H and O–H groups in total. The lowest BCUT2D eigenvalue weighted by Gasteiger charge is -2.18. The summed E-state index contributed by atoms with van der Waals surface area (Å²) in [4.78, 5) is 12.6. The number of rotatable bonds is 8. The van der Waals surface area contributed by atoms with E-state index in [0.29, 0.717) is 17.0 Å². The topological polar surface area (TPSA) is 64.3 Å². The molecule has 2 rings (SSSR count). The van der Waals surface area contributed by atoms with Gasteiger partial charge in [-0.3, -0.25) is 4.79 Å². The molecule has 1 aromatic rings. The van der Waals surface area contributed by atoms with Crippen molar-refractivity contribution < 1.29 is 9.53 Å². The van der Waals surface area contributed by atoms with Gasteiger partial charge in [-0.05, 0) is 63.3 Å². The summed E-state index contributed by atoms with van der Waals surface area (Å²) in [5.74, 6) is 0.700. The van der Waals surface area contributed by atoms with Crippen molar-refractivity contribution in [2.45, 2.75) is 51.5 Å². The summed E-state index contributed by atoms with van der Waals surface area (Å²) in [5, 5.41) is 3.40. The Kier molecular flexibility index (Phi) is 6.66. The number of ether oxygens (including phenoxy) is 1.